The van der Waals surface area contributed by atoms with Crippen LogP contribution >= 0.6 is 0 Å². The van der Waals surface area contributed by atoms with Crippen molar-refractivity contribution in [3.05, 3.63) is 53.5 Å². The molecule has 1 N–H and O–H groups in total. The topological polar surface area (TPSA) is 80.3 Å². The van der Waals surface area contributed by atoms with Gasteiger partial charge in [-0.05, 0) is 61.1 Å². The van der Waals surface area contributed by atoms with Crippen LogP contribution in [0, 0.1) is 0 Å². The summed E-state index contributed by atoms with van der Waals surface area (Å²) in [4.78, 5) is 27.5. The summed E-state index contributed by atoms with van der Waals surface area (Å²) in [7, 11) is 1.63. The maximum absolute atomic E-state index is 12.9. The third-order valence-electron chi connectivity index (χ3n) is 6.32. The lowest BCUT2D eigenvalue weighted by Gasteiger charge is -2.32. The first-order valence-corrected chi connectivity index (χ1v) is 10.6. The monoisotopic (exact) mass is 406 g/mol. The summed E-state index contributed by atoms with van der Waals surface area (Å²) < 4.78 is 10.7. The van der Waals surface area contributed by atoms with Crippen LogP contribution in [0.5, 0.6) is 5.75 Å². The Morgan fingerprint density at radius 2 is 1.93 bits per heavy atom. The molecule has 0 spiro atoms. The second kappa shape index (κ2) is 8.07. The quantitative estimate of drug-likeness (QED) is 0.717. The van der Waals surface area contributed by atoms with Crippen LogP contribution in [0.15, 0.2) is 36.5 Å². The van der Waals surface area contributed by atoms with Crippen LogP contribution in [0.4, 0.5) is 0 Å². The molecule has 2 aromatic heterocycles. The Bertz CT molecular complexity index is 1030. The Balaban J connectivity index is 1.30. The van der Waals surface area contributed by atoms with E-state index in [0.717, 1.165) is 68.3 Å². The van der Waals surface area contributed by atoms with E-state index in [2.05, 4.69) is 16.0 Å². The number of nitrogens with zero attached hydrogens (tertiary/aromatic N) is 3. The molecule has 2 fully saturated rings. The van der Waals surface area contributed by atoms with Crippen molar-refractivity contribution in [3.8, 4) is 5.75 Å². The average Bonchev–Trinajstić information content (AvgIpc) is 3.48. The van der Waals surface area contributed by atoms with Crippen molar-refractivity contribution in [2.45, 2.75) is 31.1 Å². The molecule has 1 atom stereocenters. The number of ether oxygens (including phenoxy) is 2. The number of nitrogens with one attached hydrogen (secondary N) is 1. The fourth-order valence-corrected chi connectivity index (χ4v) is 4.54. The Kier molecular flexibility index (Phi) is 5.12. The number of imidazole rings is 1. The Morgan fingerprint density at radius 3 is 2.63 bits per heavy atom. The molecule has 2 aliphatic rings. The predicted octanol–water partition coefficient (Wildman–Crippen LogP) is 3.49. The number of hydrogen-bond donors (Lipinski definition) is 1. The molecule has 1 aromatic carbocycles. The van der Waals surface area contributed by atoms with Gasteiger partial charge in [0.15, 0.2) is 5.65 Å². The van der Waals surface area contributed by atoms with Gasteiger partial charge in [0.25, 0.3) is 5.91 Å². The van der Waals surface area contributed by atoms with Crippen LogP contribution in [-0.4, -0.2) is 59.2 Å². The third kappa shape index (κ3) is 3.54. The highest BCUT2D eigenvalue weighted by atomic mass is 16.5. The minimum absolute atomic E-state index is 0.0843. The minimum Gasteiger partial charge on any atom is -0.497 e. The molecule has 0 bridgehead atoms. The van der Waals surface area contributed by atoms with E-state index in [4.69, 9.17) is 14.5 Å². The van der Waals surface area contributed by atoms with Gasteiger partial charge in [0, 0.05) is 37.4 Å². The van der Waals surface area contributed by atoms with Crippen LogP contribution in [0.25, 0.3) is 11.2 Å². The molecule has 2 aliphatic heterocycles. The molecule has 7 heteroatoms. The summed E-state index contributed by atoms with van der Waals surface area (Å²) in [5.41, 5.74) is 3.79. The zero-order valence-electron chi connectivity index (χ0n) is 17.1. The Hall–Kier alpha value is -2.93. The summed E-state index contributed by atoms with van der Waals surface area (Å²) in [5.74, 6) is 2.55. The van der Waals surface area contributed by atoms with Gasteiger partial charge in [-0.1, -0.05) is 0 Å². The first-order valence-electron chi connectivity index (χ1n) is 10.6. The maximum Gasteiger partial charge on any atom is 0.253 e. The van der Waals surface area contributed by atoms with Crippen LogP contribution in [0.3, 0.4) is 0 Å². The molecule has 1 unspecified atom stereocenters. The zero-order chi connectivity index (χ0) is 20.5. The van der Waals surface area contributed by atoms with Gasteiger partial charge in [0.1, 0.15) is 11.6 Å². The van der Waals surface area contributed by atoms with Crippen LogP contribution in [0.1, 0.15) is 52.8 Å². The van der Waals surface area contributed by atoms with Gasteiger partial charge in [-0.15, -0.1) is 0 Å². The number of carbonyl (C=O) groups excluding carboxylic acids is 1. The number of hydrogen-bond acceptors (Lipinski definition) is 5. The third-order valence-corrected chi connectivity index (χ3v) is 6.32. The first-order chi connectivity index (χ1) is 14.7. The van der Waals surface area contributed by atoms with Crippen molar-refractivity contribution in [2.75, 3.05) is 33.4 Å². The van der Waals surface area contributed by atoms with E-state index in [0.29, 0.717) is 17.4 Å². The van der Waals surface area contributed by atoms with Gasteiger partial charge in [0.05, 0.1) is 19.2 Å². The maximum atomic E-state index is 12.9. The van der Waals surface area contributed by atoms with Gasteiger partial charge in [-0.25, -0.2) is 9.97 Å². The number of carbonyl (C=O) groups is 1. The summed E-state index contributed by atoms with van der Waals surface area (Å²) in [5, 5.41) is 0. The Morgan fingerprint density at radius 1 is 1.13 bits per heavy atom. The van der Waals surface area contributed by atoms with E-state index < -0.39 is 0 Å². The highest BCUT2D eigenvalue weighted by Gasteiger charge is 2.27. The molecule has 0 saturated carbocycles. The van der Waals surface area contributed by atoms with Crippen molar-refractivity contribution < 1.29 is 14.3 Å². The lowest BCUT2D eigenvalue weighted by Crippen LogP contribution is -2.37. The van der Waals surface area contributed by atoms with E-state index in [-0.39, 0.29) is 5.91 Å². The molecule has 2 saturated heterocycles. The number of H-pyrrole nitrogens is 1. The molecule has 1 amide bonds. The molecule has 30 heavy (non-hydrogen) atoms. The highest BCUT2D eigenvalue weighted by Crippen LogP contribution is 2.33. The van der Waals surface area contributed by atoms with E-state index >= 15 is 0 Å². The molecule has 5 rings (SSSR count). The van der Waals surface area contributed by atoms with E-state index in [1.165, 1.54) is 5.56 Å². The normalized spacial score (nSPS) is 20.0. The highest BCUT2D eigenvalue weighted by molar-refractivity contribution is 5.94. The van der Waals surface area contributed by atoms with Crippen molar-refractivity contribution in [2.24, 2.45) is 0 Å². The standard InChI is InChI=1S/C23H26N4O3/c1-29-18-4-2-16(3-5-18)23(28)27-11-7-15(8-12-27)19-6-10-24-22-20(19)25-21(26-22)17-9-13-30-14-17/h2-6,10,15,17H,7-9,11-14H2,1H3,(H,24,25,26). The lowest BCUT2D eigenvalue weighted by molar-refractivity contribution is 0.0713. The number of amides is 1. The minimum atomic E-state index is 0.0843. The van der Waals surface area contributed by atoms with Gasteiger partial charge < -0.3 is 19.4 Å². The Labute approximate surface area is 175 Å². The lowest BCUT2D eigenvalue weighted by atomic mass is 9.89. The fourth-order valence-electron chi connectivity index (χ4n) is 4.54. The number of likely N-dealkylation sites (tertiary alicyclic amines) is 1. The van der Waals surface area contributed by atoms with Gasteiger partial charge >= 0.3 is 0 Å². The number of benzene rings is 1. The van der Waals surface area contributed by atoms with Crippen molar-refractivity contribution in [1.82, 2.24) is 19.9 Å². The number of methoxy groups -OCH3 is 1. The first kappa shape index (κ1) is 19.1. The number of rotatable bonds is 4. The smallest absolute Gasteiger partial charge is 0.253 e. The number of piperidine rings is 1. The van der Waals surface area contributed by atoms with E-state index in [1.807, 2.05) is 35.4 Å². The van der Waals surface area contributed by atoms with Gasteiger partial charge in [0.2, 0.25) is 0 Å². The second-order valence-electron chi connectivity index (χ2n) is 8.08. The van der Waals surface area contributed by atoms with Crippen LogP contribution < -0.4 is 4.74 Å². The fraction of sp³-hybridized carbons (Fsp3) is 0.435. The average molecular weight is 406 g/mol. The molecule has 4 heterocycles. The SMILES string of the molecule is COc1ccc(C(=O)N2CCC(c3ccnc4nc(C5CCOC5)[nH]c34)CC2)cc1. The largest absolute Gasteiger partial charge is 0.497 e. The van der Waals surface area contributed by atoms with Crippen LogP contribution in [0.2, 0.25) is 0 Å². The summed E-state index contributed by atoms with van der Waals surface area (Å²) >= 11 is 0. The van der Waals surface area contributed by atoms with E-state index in [1.54, 1.807) is 7.11 Å². The van der Waals surface area contributed by atoms with Crippen molar-refractivity contribution >= 4 is 17.1 Å². The molecule has 0 aliphatic carbocycles. The zero-order valence-corrected chi connectivity index (χ0v) is 17.1. The number of aromatic amines is 1. The van der Waals surface area contributed by atoms with Crippen molar-refractivity contribution in [1.29, 1.82) is 0 Å². The van der Waals surface area contributed by atoms with Crippen molar-refractivity contribution in [3.63, 3.8) is 0 Å². The molecular formula is C23H26N4O3. The second-order valence-corrected chi connectivity index (χ2v) is 8.08. The summed E-state index contributed by atoms with van der Waals surface area (Å²) in [6, 6.07) is 9.43. The molecule has 3 aromatic rings. The predicted molar refractivity (Wildman–Crippen MR) is 113 cm³/mol. The summed E-state index contributed by atoms with van der Waals surface area (Å²) in [6.45, 7) is 3.01. The van der Waals surface area contributed by atoms with Crippen LogP contribution in [-0.2, 0) is 4.74 Å². The van der Waals surface area contributed by atoms with E-state index in [9.17, 15) is 4.79 Å². The number of fused-ring (bicyclic) bond motifs is 1. The molecular weight excluding hydrogens is 380 g/mol. The molecule has 0 radical (unpaired) electrons. The number of aromatic nitrogens is 3. The van der Waals surface area contributed by atoms with Gasteiger partial charge in [-0.2, -0.15) is 0 Å². The van der Waals surface area contributed by atoms with Gasteiger partial charge in [-0.3, -0.25) is 4.79 Å². The summed E-state index contributed by atoms with van der Waals surface area (Å²) in [6.07, 6.45) is 4.72. The number of pyridine rings is 1. The molecule has 7 nitrogen and oxygen atoms in total. The molecule has 156 valence electrons.